The number of methoxy groups -OCH3 is 2. The SMILES string of the molecule is COC(=O)c1cc(NC(=O)Cn2nnc(-c3ccccc3C)n2)cc(C(=O)OC)c1. The second kappa shape index (κ2) is 8.95. The number of amides is 1. The van der Waals surface area contributed by atoms with Crippen LogP contribution in [0.5, 0.6) is 0 Å². The molecule has 10 nitrogen and oxygen atoms in total. The van der Waals surface area contributed by atoms with E-state index in [1.54, 1.807) is 0 Å². The number of ether oxygens (including phenoxy) is 2. The molecular weight excluding hydrogens is 390 g/mol. The number of esters is 2. The van der Waals surface area contributed by atoms with E-state index in [-0.39, 0.29) is 23.4 Å². The lowest BCUT2D eigenvalue weighted by atomic mass is 10.1. The van der Waals surface area contributed by atoms with Crippen LogP contribution in [0.3, 0.4) is 0 Å². The first-order chi connectivity index (χ1) is 14.4. The van der Waals surface area contributed by atoms with Crippen molar-refractivity contribution < 1.29 is 23.9 Å². The molecule has 3 rings (SSSR count). The van der Waals surface area contributed by atoms with Gasteiger partial charge in [-0.25, -0.2) is 9.59 Å². The molecule has 2 aromatic carbocycles. The molecule has 1 N–H and O–H groups in total. The molecule has 0 aliphatic carbocycles. The van der Waals surface area contributed by atoms with Gasteiger partial charge in [0.2, 0.25) is 11.7 Å². The lowest BCUT2D eigenvalue weighted by Gasteiger charge is -2.09. The molecule has 0 aliphatic rings. The van der Waals surface area contributed by atoms with Crippen LogP contribution in [-0.2, 0) is 20.8 Å². The van der Waals surface area contributed by atoms with E-state index in [1.165, 1.54) is 32.4 Å². The average molecular weight is 409 g/mol. The largest absolute Gasteiger partial charge is 0.465 e. The third kappa shape index (κ3) is 4.66. The summed E-state index contributed by atoms with van der Waals surface area (Å²) in [5.74, 6) is -1.38. The van der Waals surface area contributed by atoms with E-state index in [2.05, 4.69) is 30.2 Å². The van der Waals surface area contributed by atoms with Gasteiger partial charge >= 0.3 is 11.9 Å². The molecule has 0 spiro atoms. The lowest BCUT2D eigenvalue weighted by molar-refractivity contribution is -0.117. The summed E-state index contributed by atoms with van der Waals surface area (Å²) >= 11 is 0. The highest BCUT2D eigenvalue weighted by Crippen LogP contribution is 2.19. The molecule has 154 valence electrons. The van der Waals surface area contributed by atoms with E-state index >= 15 is 0 Å². The van der Waals surface area contributed by atoms with Gasteiger partial charge in [0.05, 0.1) is 25.3 Å². The Kier molecular flexibility index (Phi) is 6.16. The summed E-state index contributed by atoms with van der Waals surface area (Å²) < 4.78 is 9.36. The molecule has 30 heavy (non-hydrogen) atoms. The average Bonchev–Trinajstić information content (AvgIpc) is 3.20. The quantitative estimate of drug-likeness (QED) is 0.612. The molecule has 3 aromatic rings. The lowest BCUT2D eigenvalue weighted by Crippen LogP contribution is -2.21. The Morgan fingerprint density at radius 1 is 1.00 bits per heavy atom. The monoisotopic (exact) mass is 409 g/mol. The van der Waals surface area contributed by atoms with Crippen molar-refractivity contribution in [2.24, 2.45) is 0 Å². The number of nitrogens with one attached hydrogen (secondary N) is 1. The van der Waals surface area contributed by atoms with Gasteiger partial charge in [-0.1, -0.05) is 24.3 Å². The summed E-state index contributed by atoms with van der Waals surface area (Å²) in [6.45, 7) is 1.71. The normalized spacial score (nSPS) is 10.4. The van der Waals surface area contributed by atoms with Crippen molar-refractivity contribution in [3.8, 4) is 11.4 Å². The summed E-state index contributed by atoms with van der Waals surface area (Å²) in [6, 6.07) is 11.7. The van der Waals surface area contributed by atoms with Gasteiger partial charge in [-0.15, -0.1) is 10.2 Å². The van der Waals surface area contributed by atoms with Gasteiger partial charge in [-0.05, 0) is 35.9 Å². The van der Waals surface area contributed by atoms with E-state index in [4.69, 9.17) is 0 Å². The number of aromatic nitrogens is 4. The number of tetrazole rings is 1. The number of hydrogen-bond donors (Lipinski definition) is 1. The van der Waals surface area contributed by atoms with E-state index in [9.17, 15) is 14.4 Å². The van der Waals surface area contributed by atoms with E-state index < -0.39 is 17.8 Å². The van der Waals surface area contributed by atoms with Crippen LogP contribution in [0, 0.1) is 6.92 Å². The van der Waals surface area contributed by atoms with Crippen molar-refractivity contribution in [2.75, 3.05) is 19.5 Å². The third-order valence-corrected chi connectivity index (χ3v) is 4.18. The Bertz CT molecular complexity index is 1070. The second-order valence-corrected chi connectivity index (χ2v) is 6.29. The van der Waals surface area contributed by atoms with Crippen molar-refractivity contribution in [2.45, 2.75) is 13.5 Å². The molecule has 0 unspecified atom stereocenters. The molecule has 0 atom stereocenters. The molecule has 1 heterocycles. The van der Waals surface area contributed by atoms with Crippen LogP contribution in [0.2, 0.25) is 0 Å². The van der Waals surface area contributed by atoms with Crippen LogP contribution in [0.15, 0.2) is 42.5 Å². The predicted molar refractivity (Wildman–Crippen MR) is 106 cm³/mol. The summed E-state index contributed by atoms with van der Waals surface area (Å²) in [6.07, 6.45) is 0. The van der Waals surface area contributed by atoms with Gasteiger partial charge in [0.25, 0.3) is 0 Å². The van der Waals surface area contributed by atoms with E-state index in [0.29, 0.717) is 5.82 Å². The highest BCUT2D eigenvalue weighted by atomic mass is 16.5. The Morgan fingerprint density at radius 3 is 2.23 bits per heavy atom. The van der Waals surface area contributed by atoms with Gasteiger partial charge in [0.1, 0.15) is 6.54 Å². The zero-order chi connectivity index (χ0) is 21.7. The molecule has 1 amide bonds. The number of carbonyl (C=O) groups excluding carboxylic acids is 3. The molecule has 0 radical (unpaired) electrons. The number of carbonyl (C=O) groups is 3. The molecule has 0 saturated carbocycles. The Morgan fingerprint density at radius 2 is 1.63 bits per heavy atom. The number of hydrogen-bond acceptors (Lipinski definition) is 8. The maximum absolute atomic E-state index is 12.4. The van der Waals surface area contributed by atoms with Crippen molar-refractivity contribution in [1.29, 1.82) is 0 Å². The fourth-order valence-corrected chi connectivity index (χ4v) is 2.74. The summed E-state index contributed by atoms with van der Waals surface area (Å²) in [5, 5.41) is 14.7. The van der Waals surface area contributed by atoms with Crippen LogP contribution in [-0.4, -0.2) is 52.3 Å². The number of nitrogens with zero attached hydrogens (tertiary/aromatic N) is 4. The standard InChI is InChI=1S/C20H19N5O5/c1-12-6-4-5-7-16(12)18-22-24-25(23-18)11-17(26)21-15-9-13(19(27)29-2)8-14(10-15)20(28)30-3/h4-10H,11H2,1-3H3,(H,21,26). The third-order valence-electron chi connectivity index (χ3n) is 4.18. The minimum atomic E-state index is -0.655. The fraction of sp³-hybridized carbons (Fsp3) is 0.200. The van der Waals surface area contributed by atoms with Gasteiger partial charge in [0, 0.05) is 11.3 Å². The maximum atomic E-state index is 12.4. The molecule has 10 heteroatoms. The van der Waals surface area contributed by atoms with E-state index in [1.807, 2.05) is 31.2 Å². The van der Waals surface area contributed by atoms with Crippen LogP contribution >= 0.6 is 0 Å². The zero-order valence-corrected chi connectivity index (χ0v) is 16.6. The topological polar surface area (TPSA) is 125 Å². The van der Waals surface area contributed by atoms with E-state index in [0.717, 1.165) is 15.9 Å². The maximum Gasteiger partial charge on any atom is 0.337 e. The molecule has 0 bridgehead atoms. The minimum Gasteiger partial charge on any atom is -0.465 e. The van der Waals surface area contributed by atoms with Gasteiger partial charge in [-0.2, -0.15) is 4.80 Å². The Hall–Kier alpha value is -4.08. The number of aryl methyl sites for hydroxylation is 1. The smallest absolute Gasteiger partial charge is 0.337 e. The first-order valence-corrected chi connectivity index (χ1v) is 8.86. The van der Waals surface area contributed by atoms with Crippen LogP contribution < -0.4 is 5.32 Å². The van der Waals surface area contributed by atoms with Crippen molar-refractivity contribution in [3.05, 3.63) is 59.2 Å². The second-order valence-electron chi connectivity index (χ2n) is 6.29. The zero-order valence-electron chi connectivity index (χ0n) is 16.6. The van der Waals surface area contributed by atoms with Gasteiger partial charge < -0.3 is 14.8 Å². The van der Waals surface area contributed by atoms with Crippen molar-refractivity contribution in [3.63, 3.8) is 0 Å². The predicted octanol–water partition coefficient (Wildman–Crippen LogP) is 1.86. The van der Waals surface area contributed by atoms with Crippen molar-refractivity contribution in [1.82, 2.24) is 20.2 Å². The summed E-state index contributed by atoms with van der Waals surface area (Å²) in [4.78, 5) is 37.3. The summed E-state index contributed by atoms with van der Waals surface area (Å²) in [5.41, 5.74) is 2.21. The number of benzene rings is 2. The molecule has 0 fully saturated rings. The highest BCUT2D eigenvalue weighted by Gasteiger charge is 2.16. The Balaban J connectivity index is 1.77. The molecule has 0 aliphatic heterocycles. The first-order valence-electron chi connectivity index (χ1n) is 8.86. The van der Waals surface area contributed by atoms with Crippen LogP contribution in [0.1, 0.15) is 26.3 Å². The molecule has 1 aromatic heterocycles. The molecular formula is C20H19N5O5. The highest BCUT2D eigenvalue weighted by molar-refractivity contribution is 5.99. The first kappa shape index (κ1) is 20.6. The van der Waals surface area contributed by atoms with Crippen molar-refractivity contribution >= 4 is 23.5 Å². The fourth-order valence-electron chi connectivity index (χ4n) is 2.74. The molecule has 0 saturated heterocycles. The summed E-state index contributed by atoms with van der Waals surface area (Å²) in [7, 11) is 2.43. The number of anilines is 1. The Labute approximate surface area is 171 Å². The van der Waals surface area contributed by atoms with Crippen LogP contribution in [0.4, 0.5) is 5.69 Å². The number of rotatable bonds is 6. The van der Waals surface area contributed by atoms with Crippen LogP contribution in [0.25, 0.3) is 11.4 Å². The van der Waals surface area contributed by atoms with Gasteiger partial charge in [0.15, 0.2) is 0 Å². The minimum absolute atomic E-state index is 0.0939. The van der Waals surface area contributed by atoms with Gasteiger partial charge in [-0.3, -0.25) is 4.79 Å².